The number of halogens is 3. The molecule has 0 heterocycles. The second-order valence-corrected chi connectivity index (χ2v) is 5.79. The van der Waals surface area contributed by atoms with Crippen LogP contribution in [0.2, 0.25) is 0 Å². The lowest BCUT2D eigenvalue weighted by molar-refractivity contribution is 0.857. The van der Waals surface area contributed by atoms with Crippen LogP contribution in [0.25, 0.3) is 0 Å². The smallest absolute Gasteiger partial charge is 0.0322 e. The summed E-state index contributed by atoms with van der Waals surface area (Å²) in [7, 11) is 0. The summed E-state index contributed by atoms with van der Waals surface area (Å²) in [6, 6.07) is 4.25. The molecule has 0 spiro atoms. The van der Waals surface area contributed by atoms with Crippen LogP contribution in [0.5, 0.6) is 0 Å². The molecule has 1 aromatic carbocycles. The minimum Gasteiger partial charge on any atom is -0.0586 e. The molecule has 66 valence electrons. The zero-order valence-electron chi connectivity index (χ0n) is 6.87. The monoisotopic (exact) mass is 402 g/mol. The van der Waals surface area contributed by atoms with E-state index in [0.29, 0.717) is 5.92 Å². The molecule has 0 aromatic heterocycles. The highest BCUT2D eigenvalue weighted by Crippen LogP contribution is 2.31. The Kier molecular flexibility index (Phi) is 4.05. The molecule has 12 heavy (non-hydrogen) atoms. The standard InChI is InChI=1S/C9H9Br2I/c1-5(2)7-3-6(10)4-8(11)9(7)12/h3-5H,1-2H3. The summed E-state index contributed by atoms with van der Waals surface area (Å²) < 4.78 is 3.62. The van der Waals surface area contributed by atoms with E-state index in [1.165, 1.54) is 13.6 Å². The third kappa shape index (κ3) is 2.45. The summed E-state index contributed by atoms with van der Waals surface area (Å²) >= 11 is 9.38. The van der Waals surface area contributed by atoms with Crippen molar-refractivity contribution >= 4 is 54.5 Å². The first kappa shape index (κ1) is 11.0. The topological polar surface area (TPSA) is 0 Å². The van der Waals surface area contributed by atoms with Gasteiger partial charge in [-0.25, -0.2) is 0 Å². The molecule has 0 N–H and O–H groups in total. The van der Waals surface area contributed by atoms with E-state index >= 15 is 0 Å². The van der Waals surface area contributed by atoms with E-state index in [-0.39, 0.29) is 0 Å². The van der Waals surface area contributed by atoms with Gasteiger partial charge in [-0.1, -0.05) is 29.8 Å². The van der Waals surface area contributed by atoms with Crippen LogP contribution in [-0.4, -0.2) is 0 Å². The van der Waals surface area contributed by atoms with E-state index in [2.05, 4.69) is 80.4 Å². The van der Waals surface area contributed by atoms with Gasteiger partial charge in [0.2, 0.25) is 0 Å². The molecular formula is C9H9Br2I. The average Bonchev–Trinajstić information content (AvgIpc) is 1.96. The molecule has 0 atom stereocenters. The Morgan fingerprint density at radius 1 is 1.25 bits per heavy atom. The summed E-state index contributed by atoms with van der Waals surface area (Å²) in [5.74, 6) is 0.575. The fourth-order valence-corrected chi connectivity index (χ4v) is 3.19. The van der Waals surface area contributed by atoms with Gasteiger partial charge in [0.25, 0.3) is 0 Å². The van der Waals surface area contributed by atoms with E-state index in [1.54, 1.807) is 0 Å². The molecule has 0 aliphatic carbocycles. The number of hydrogen-bond donors (Lipinski definition) is 0. The van der Waals surface area contributed by atoms with Gasteiger partial charge in [0.05, 0.1) is 0 Å². The van der Waals surface area contributed by atoms with Crippen LogP contribution in [0.3, 0.4) is 0 Å². The number of rotatable bonds is 1. The van der Waals surface area contributed by atoms with Gasteiger partial charge in [-0.15, -0.1) is 0 Å². The quantitative estimate of drug-likeness (QED) is 0.460. The van der Waals surface area contributed by atoms with Crippen LogP contribution in [0.15, 0.2) is 21.1 Å². The lowest BCUT2D eigenvalue weighted by atomic mass is 10.0. The van der Waals surface area contributed by atoms with Crippen LogP contribution in [0, 0.1) is 3.57 Å². The lowest BCUT2D eigenvalue weighted by Gasteiger charge is -2.10. The predicted molar refractivity (Wildman–Crippen MR) is 68.6 cm³/mol. The van der Waals surface area contributed by atoms with Gasteiger partial charge < -0.3 is 0 Å². The van der Waals surface area contributed by atoms with Gasteiger partial charge in [0.15, 0.2) is 0 Å². The van der Waals surface area contributed by atoms with Crippen LogP contribution in [-0.2, 0) is 0 Å². The van der Waals surface area contributed by atoms with Gasteiger partial charge in [-0.2, -0.15) is 0 Å². The fraction of sp³-hybridized carbons (Fsp3) is 0.333. The van der Waals surface area contributed by atoms with Gasteiger partial charge in [0.1, 0.15) is 0 Å². The summed E-state index contributed by atoms with van der Waals surface area (Å²) in [6.07, 6.45) is 0. The number of benzene rings is 1. The van der Waals surface area contributed by atoms with E-state index in [4.69, 9.17) is 0 Å². The van der Waals surface area contributed by atoms with E-state index in [1.807, 2.05) is 0 Å². The van der Waals surface area contributed by atoms with Crippen molar-refractivity contribution in [3.05, 3.63) is 30.2 Å². The minimum atomic E-state index is 0.575. The van der Waals surface area contributed by atoms with Crippen molar-refractivity contribution in [1.29, 1.82) is 0 Å². The summed E-state index contributed by atoms with van der Waals surface area (Å²) in [4.78, 5) is 0. The van der Waals surface area contributed by atoms with Crippen molar-refractivity contribution in [1.82, 2.24) is 0 Å². The Labute approximate surface area is 104 Å². The summed E-state index contributed by atoms with van der Waals surface area (Å²) in [5.41, 5.74) is 1.39. The second-order valence-electron chi connectivity index (χ2n) is 2.95. The largest absolute Gasteiger partial charge is 0.0586 e. The molecule has 0 nitrogen and oxygen atoms in total. The fourth-order valence-electron chi connectivity index (χ4n) is 0.996. The van der Waals surface area contributed by atoms with Gasteiger partial charge in [-0.05, 0) is 62.1 Å². The Hall–Kier alpha value is 0.910. The molecule has 1 aromatic rings. The Morgan fingerprint density at radius 3 is 2.33 bits per heavy atom. The Balaban J connectivity index is 3.28. The lowest BCUT2D eigenvalue weighted by Crippen LogP contribution is -1.92. The molecule has 0 unspecified atom stereocenters. The highest BCUT2D eigenvalue weighted by Gasteiger charge is 2.08. The van der Waals surface area contributed by atoms with Crippen molar-refractivity contribution in [3.63, 3.8) is 0 Å². The SMILES string of the molecule is CC(C)c1cc(Br)cc(Br)c1I. The first-order valence-corrected chi connectivity index (χ1v) is 6.33. The maximum absolute atomic E-state index is 3.53. The van der Waals surface area contributed by atoms with E-state index in [0.717, 1.165) is 4.47 Å². The van der Waals surface area contributed by atoms with Crippen molar-refractivity contribution in [2.45, 2.75) is 19.8 Å². The number of hydrogen-bond acceptors (Lipinski definition) is 0. The molecular weight excluding hydrogens is 395 g/mol. The molecule has 0 saturated heterocycles. The maximum atomic E-state index is 3.53. The van der Waals surface area contributed by atoms with Gasteiger partial charge >= 0.3 is 0 Å². The molecule has 0 saturated carbocycles. The minimum absolute atomic E-state index is 0.575. The highest BCUT2D eigenvalue weighted by atomic mass is 127. The van der Waals surface area contributed by atoms with Gasteiger partial charge in [0, 0.05) is 12.5 Å². The van der Waals surface area contributed by atoms with Gasteiger partial charge in [-0.3, -0.25) is 0 Å². The predicted octanol–water partition coefficient (Wildman–Crippen LogP) is 4.94. The normalized spacial score (nSPS) is 10.8. The maximum Gasteiger partial charge on any atom is 0.0322 e. The summed E-state index contributed by atoms with van der Waals surface area (Å²) in [6.45, 7) is 4.41. The first-order valence-electron chi connectivity index (χ1n) is 3.67. The zero-order chi connectivity index (χ0) is 9.30. The molecule has 0 amide bonds. The third-order valence-electron chi connectivity index (χ3n) is 1.64. The van der Waals surface area contributed by atoms with E-state index < -0.39 is 0 Å². The van der Waals surface area contributed by atoms with Crippen LogP contribution in [0.1, 0.15) is 25.3 Å². The Bertz CT molecular complexity index is 295. The molecule has 3 heteroatoms. The van der Waals surface area contributed by atoms with Crippen molar-refractivity contribution in [2.24, 2.45) is 0 Å². The van der Waals surface area contributed by atoms with Crippen LogP contribution >= 0.6 is 54.5 Å². The molecule has 0 radical (unpaired) electrons. The summed E-state index contributed by atoms with van der Waals surface area (Å²) in [5, 5.41) is 0. The van der Waals surface area contributed by atoms with Crippen LogP contribution < -0.4 is 0 Å². The second kappa shape index (κ2) is 4.42. The molecule has 0 fully saturated rings. The average molecular weight is 404 g/mol. The first-order chi connectivity index (χ1) is 5.52. The molecule has 1 rings (SSSR count). The van der Waals surface area contributed by atoms with Crippen molar-refractivity contribution in [2.75, 3.05) is 0 Å². The highest BCUT2D eigenvalue weighted by molar-refractivity contribution is 14.1. The van der Waals surface area contributed by atoms with Crippen LogP contribution in [0.4, 0.5) is 0 Å². The van der Waals surface area contributed by atoms with E-state index in [9.17, 15) is 0 Å². The molecule has 0 bridgehead atoms. The molecule has 0 aliphatic rings. The molecule has 0 aliphatic heterocycles. The Morgan fingerprint density at radius 2 is 1.83 bits per heavy atom. The third-order valence-corrected chi connectivity index (χ3v) is 4.67. The van der Waals surface area contributed by atoms with Crippen molar-refractivity contribution in [3.8, 4) is 0 Å². The zero-order valence-corrected chi connectivity index (χ0v) is 12.2. The van der Waals surface area contributed by atoms with Crippen molar-refractivity contribution < 1.29 is 0 Å².